The number of anilines is 1. The molecule has 3 aromatic carbocycles. The predicted octanol–water partition coefficient (Wildman–Crippen LogP) is 6.01. The van der Waals surface area contributed by atoms with E-state index in [1.165, 1.54) is 17.3 Å². The number of hydrogen-bond donors (Lipinski definition) is 1. The second kappa shape index (κ2) is 7.78. The van der Waals surface area contributed by atoms with Gasteiger partial charge in [0, 0.05) is 21.6 Å². The zero-order valence-electron chi connectivity index (χ0n) is 18.1. The summed E-state index contributed by atoms with van der Waals surface area (Å²) in [5, 5.41) is 7.93. The highest BCUT2D eigenvalue weighted by atomic mass is 32.2. The molecule has 164 valence electrons. The van der Waals surface area contributed by atoms with Gasteiger partial charge >= 0.3 is 0 Å². The number of nitrogens with one attached hydrogen (secondary N) is 1. The van der Waals surface area contributed by atoms with Crippen LogP contribution in [0.5, 0.6) is 5.75 Å². The van der Waals surface area contributed by atoms with Crippen LogP contribution in [0.3, 0.4) is 0 Å². The van der Waals surface area contributed by atoms with Crippen LogP contribution in [-0.2, 0) is 0 Å². The first-order chi connectivity index (χ1) is 16.1. The van der Waals surface area contributed by atoms with Gasteiger partial charge in [-0.25, -0.2) is 9.07 Å². The molecule has 5 nitrogen and oxygen atoms in total. The number of aryl methyl sites for hydroxylation is 1. The topological polar surface area (TPSA) is 52.0 Å². The number of benzene rings is 3. The van der Waals surface area contributed by atoms with Gasteiger partial charge in [0.25, 0.3) is 0 Å². The highest BCUT2D eigenvalue weighted by Crippen LogP contribution is 2.51. The monoisotopic (exact) mass is 456 g/mol. The first-order valence-corrected chi connectivity index (χ1v) is 11.9. The molecule has 0 saturated carbocycles. The summed E-state index contributed by atoms with van der Waals surface area (Å²) in [4.78, 5) is 5.58. The van der Waals surface area contributed by atoms with Crippen LogP contribution in [0.15, 0.2) is 83.5 Å². The first kappa shape index (κ1) is 20.1. The van der Waals surface area contributed by atoms with Crippen LogP contribution in [0.1, 0.15) is 34.4 Å². The summed E-state index contributed by atoms with van der Waals surface area (Å²) < 4.78 is 23.5. The van der Waals surface area contributed by atoms with Crippen LogP contribution in [0.25, 0.3) is 5.70 Å². The molecule has 7 heteroatoms. The lowest BCUT2D eigenvalue weighted by Gasteiger charge is -2.39. The highest BCUT2D eigenvalue weighted by Gasteiger charge is 2.41. The maximum absolute atomic E-state index is 15.2. The summed E-state index contributed by atoms with van der Waals surface area (Å²) in [7, 11) is 0. The zero-order chi connectivity index (χ0) is 22.5. The molecule has 0 amide bonds. The Labute approximate surface area is 195 Å². The van der Waals surface area contributed by atoms with Crippen molar-refractivity contribution < 1.29 is 9.13 Å². The molecule has 0 unspecified atom stereocenters. The van der Waals surface area contributed by atoms with Crippen molar-refractivity contribution in [2.24, 2.45) is 0 Å². The van der Waals surface area contributed by atoms with E-state index in [-0.39, 0.29) is 5.82 Å². The number of halogens is 1. The number of nitrogens with zero attached hydrogens (tertiary/aromatic N) is 3. The normalized spacial score (nSPS) is 18.6. The third kappa shape index (κ3) is 3.23. The van der Waals surface area contributed by atoms with Gasteiger partial charge in [-0.1, -0.05) is 42.0 Å². The summed E-state index contributed by atoms with van der Waals surface area (Å²) >= 11 is 1.69. The molecule has 0 fully saturated rings. The lowest BCUT2D eigenvalue weighted by atomic mass is 9.84. The Bertz CT molecular complexity index is 1400. The number of ether oxygens (including phenoxy) is 1. The maximum atomic E-state index is 15.2. The summed E-state index contributed by atoms with van der Waals surface area (Å²) in [5.41, 5.74) is 5.39. The molecule has 0 spiro atoms. The molecule has 4 aromatic rings. The van der Waals surface area contributed by atoms with E-state index in [0.717, 1.165) is 33.7 Å². The quantitative estimate of drug-likeness (QED) is 0.383. The molecule has 0 radical (unpaired) electrons. The minimum absolute atomic E-state index is 0.288. The summed E-state index contributed by atoms with van der Waals surface area (Å²) in [6.45, 7) is 2.05. The van der Waals surface area contributed by atoms with Gasteiger partial charge in [-0.2, -0.15) is 10.1 Å². The fraction of sp³-hybridized carbons (Fsp3) is 0.154. The lowest BCUT2D eigenvalue weighted by molar-refractivity contribution is 0.222. The van der Waals surface area contributed by atoms with Crippen molar-refractivity contribution in [3.63, 3.8) is 0 Å². The van der Waals surface area contributed by atoms with Crippen LogP contribution in [0.4, 0.5) is 10.3 Å². The standard InChI is InChI=1S/C26H21FN4OS/c1-15-7-12-21-19(13-15)23-22(25(32-21)16-8-10-17(33-2)11-9-16)24(18-5-3-4-6-20(18)27)31-26(30-23)28-14-29-31/h3-14,24-25H,1-2H3,(H,28,29,30)/t24-,25-/m0/s1. The van der Waals surface area contributed by atoms with E-state index in [4.69, 9.17) is 4.74 Å². The number of rotatable bonds is 3. The first-order valence-electron chi connectivity index (χ1n) is 10.7. The molecule has 6 rings (SSSR count). The molecule has 2 aliphatic rings. The molecule has 2 aliphatic heterocycles. The Morgan fingerprint density at radius 2 is 1.88 bits per heavy atom. The van der Waals surface area contributed by atoms with Gasteiger partial charge < -0.3 is 10.1 Å². The Morgan fingerprint density at radius 1 is 1.06 bits per heavy atom. The average molecular weight is 457 g/mol. The number of aromatic nitrogens is 3. The second-order valence-electron chi connectivity index (χ2n) is 8.18. The van der Waals surface area contributed by atoms with Gasteiger partial charge in [-0.15, -0.1) is 11.8 Å². The minimum Gasteiger partial charge on any atom is -0.480 e. The van der Waals surface area contributed by atoms with Gasteiger partial charge in [-0.05, 0) is 49.1 Å². The average Bonchev–Trinajstić information content (AvgIpc) is 3.31. The molecule has 33 heavy (non-hydrogen) atoms. The predicted molar refractivity (Wildman–Crippen MR) is 128 cm³/mol. The van der Waals surface area contributed by atoms with Crippen molar-refractivity contribution in [2.75, 3.05) is 11.6 Å². The third-order valence-corrected chi connectivity index (χ3v) is 6.93. The van der Waals surface area contributed by atoms with E-state index >= 15 is 4.39 Å². The van der Waals surface area contributed by atoms with E-state index in [2.05, 4.69) is 52.0 Å². The van der Waals surface area contributed by atoms with Crippen LogP contribution in [0, 0.1) is 12.7 Å². The molecule has 0 bridgehead atoms. The number of hydrogen-bond acceptors (Lipinski definition) is 5. The largest absolute Gasteiger partial charge is 0.480 e. The van der Waals surface area contributed by atoms with E-state index in [9.17, 15) is 0 Å². The number of fused-ring (bicyclic) bond motifs is 3. The van der Waals surface area contributed by atoms with Gasteiger partial charge in [0.2, 0.25) is 5.95 Å². The van der Waals surface area contributed by atoms with Crippen LogP contribution >= 0.6 is 11.8 Å². The maximum Gasteiger partial charge on any atom is 0.226 e. The molecule has 1 aromatic heterocycles. The van der Waals surface area contributed by atoms with Crippen LogP contribution < -0.4 is 10.1 Å². The minimum atomic E-state index is -0.501. The second-order valence-corrected chi connectivity index (χ2v) is 9.06. The van der Waals surface area contributed by atoms with Crippen molar-refractivity contribution in [1.29, 1.82) is 0 Å². The Kier molecular flexibility index (Phi) is 4.73. The summed E-state index contributed by atoms with van der Waals surface area (Å²) in [5.74, 6) is 1.07. The number of thioether (sulfide) groups is 1. The van der Waals surface area contributed by atoms with E-state index < -0.39 is 12.1 Å². The van der Waals surface area contributed by atoms with E-state index in [0.29, 0.717) is 11.5 Å². The smallest absolute Gasteiger partial charge is 0.226 e. The highest BCUT2D eigenvalue weighted by molar-refractivity contribution is 7.98. The van der Waals surface area contributed by atoms with Crippen LogP contribution in [-0.4, -0.2) is 21.0 Å². The van der Waals surface area contributed by atoms with Gasteiger partial charge in [-0.3, -0.25) is 0 Å². The molecule has 0 aliphatic carbocycles. The zero-order valence-corrected chi connectivity index (χ0v) is 18.9. The van der Waals surface area contributed by atoms with Crippen LogP contribution in [0.2, 0.25) is 0 Å². The fourth-order valence-electron chi connectivity index (χ4n) is 4.63. The third-order valence-electron chi connectivity index (χ3n) is 6.19. The molecular formula is C26H21FN4OS. The van der Waals surface area contributed by atoms with Gasteiger partial charge in [0.15, 0.2) is 0 Å². The lowest BCUT2D eigenvalue weighted by Crippen LogP contribution is -2.32. The molecule has 1 N–H and O–H groups in total. The van der Waals surface area contributed by atoms with Gasteiger partial charge in [0.05, 0.1) is 5.70 Å². The van der Waals surface area contributed by atoms with Crippen molar-refractivity contribution in [1.82, 2.24) is 14.8 Å². The van der Waals surface area contributed by atoms with Crippen molar-refractivity contribution in [3.8, 4) is 5.75 Å². The van der Waals surface area contributed by atoms with E-state index in [1.54, 1.807) is 28.6 Å². The van der Waals surface area contributed by atoms with E-state index in [1.807, 2.05) is 25.1 Å². The molecule has 2 atom stereocenters. The van der Waals surface area contributed by atoms with Crippen molar-refractivity contribution in [2.45, 2.75) is 24.0 Å². The summed E-state index contributed by atoms with van der Waals surface area (Å²) in [6, 6.07) is 20.8. The van der Waals surface area contributed by atoms with Gasteiger partial charge in [0.1, 0.15) is 30.0 Å². The molecular weight excluding hydrogens is 435 g/mol. The Hall–Kier alpha value is -3.58. The molecule has 3 heterocycles. The Balaban J connectivity index is 1.63. The van der Waals surface area contributed by atoms with Crippen molar-refractivity contribution in [3.05, 3.63) is 107 Å². The van der Waals surface area contributed by atoms with Crippen molar-refractivity contribution >= 4 is 23.4 Å². The summed E-state index contributed by atoms with van der Waals surface area (Å²) in [6.07, 6.45) is 3.13. The fourth-order valence-corrected chi connectivity index (χ4v) is 5.04. The molecule has 0 saturated heterocycles. The Morgan fingerprint density at radius 3 is 2.67 bits per heavy atom. The SMILES string of the molecule is CSc1ccc([C@@H]2Oc3ccc(C)cc3C3=C2[C@H](c2ccccc2F)n2ncnc2N3)cc1.